The molecule has 0 spiro atoms. The maximum Gasteiger partial charge on any atom is 3.00 e. The molecule has 0 aromatic rings. The Morgan fingerprint density at radius 1 is 1.12 bits per heavy atom. The molecule has 0 unspecified atom stereocenters. The minimum atomic E-state index is -5.17. The summed E-state index contributed by atoms with van der Waals surface area (Å²) >= 11 is 0. The van der Waals surface area contributed by atoms with E-state index in [9.17, 15) is 0 Å². The summed E-state index contributed by atoms with van der Waals surface area (Å²) in [4.78, 5) is 0. The molecule has 8 heavy (non-hydrogen) atoms. The van der Waals surface area contributed by atoms with Crippen LogP contribution in [0.1, 0.15) is 0 Å². The van der Waals surface area contributed by atoms with E-state index in [1.165, 1.54) is 0 Å². The summed E-state index contributed by atoms with van der Waals surface area (Å²) in [5, 5.41) is 0. The third-order valence-electron chi connectivity index (χ3n) is 0. The molecule has 0 bridgehead atoms. The fourth-order valence-electron chi connectivity index (χ4n) is 0. The van der Waals surface area contributed by atoms with Gasteiger partial charge in [-0.3, -0.25) is 8.42 Å². The van der Waals surface area contributed by atoms with Crippen LogP contribution in [-0.4, -0.2) is 23.0 Å². The summed E-state index contributed by atoms with van der Waals surface area (Å²) in [6.07, 6.45) is 0. The van der Waals surface area contributed by atoms with Crippen molar-refractivity contribution in [2.24, 2.45) is 0 Å². The van der Waals surface area contributed by atoms with Gasteiger partial charge in [0.15, 0.2) is 0 Å². The minimum Gasteiger partial charge on any atom is -0.759 e. The van der Waals surface area contributed by atoms with Crippen LogP contribution in [0.25, 0.3) is 0 Å². The van der Waals surface area contributed by atoms with Crippen LogP contribution in [0.4, 0.5) is 0 Å². The third kappa shape index (κ3) is 200. The quantitative estimate of drug-likeness (QED) is 0.409. The standard InChI is InChI=1S/Ce.H3N.H2O4S.H2O/c;;1-5(2,3)4;/h;1H3;(H2,1,2,3,4);1H2/q+3;;;/p-1. The van der Waals surface area contributed by atoms with Crippen LogP contribution in [0.3, 0.4) is 0 Å². The molecule has 0 saturated carbocycles. The second-order valence-corrected chi connectivity index (χ2v) is 1.22. The Kier molecular flexibility index (Phi) is 23.4. The molecule has 6 N–H and O–H groups in total. The van der Waals surface area contributed by atoms with Crippen LogP contribution in [-0.2, 0) is 10.4 Å². The van der Waals surface area contributed by atoms with Gasteiger partial charge >= 0.3 is 41.7 Å². The first-order valence-corrected chi connectivity index (χ1v) is 2.00. The first kappa shape index (κ1) is 22.9. The first-order valence-electron chi connectivity index (χ1n) is 0.667. The van der Waals surface area contributed by atoms with Gasteiger partial charge in [0.2, 0.25) is 0 Å². The maximum absolute atomic E-state index is 8.52. The van der Waals surface area contributed by atoms with Gasteiger partial charge in [-0.2, -0.15) is 0 Å². The Labute approximate surface area is 80.5 Å². The molecule has 0 aliphatic rings. The SMILES string of the molecule is O.O=S(=O)([O-])[O-].[Ce+3].[NH4+]. The smallest absolute Gasteiger partial charge is 0.759 e. The second kappa shape index (κ2) is 8.17. The van der Waals surface area contributed by atoms with Crippen molar-refractivity contribution < 1.29 is 64.7 Å². The number of quaternary nitrogens is 1. The molecule has 49 valence electrons. The largest absolute Gasteiger partial charge is 3.00 e. The molecule has 0 rings (SSSR count). The van der Waals surface area contributed by atoms with Crippen LogP contribution in [0, 0.1) is 41.7 Å². The van der Waals surface area contributed by atoms with Crippen molar-refractivity contribution >= 4 is 10.4 Å². The van der Waals surface area contributed by atoms with Gasteiger partial charge in [-0.15, -0.1) is 0 Å². The molecular weight excluding hydrogens is 266 g/mol. The Morgan fingerprint density at radius 2 is 1.12 bits per heavy atom. The fourth-order valence-corrected chi connectivity index (χ4v) is 0. The molecule has 1 radical (unpaired) electrons. The zero-order valence-electron chi connectivity index (χ0n) is 4.04. The van der Waals surface area contributed by atoms with Crippen LogP contribution in [0.2, 0.25) is 0 Å². The summed E-state index contributed by atoms with van der Waals surface area (Å²) in [5.74, 6) is 0. The van der Waals surface area contributed by atoms with Gasteiger partial charge in [-0.25, -0.2) is 0 Å². The predicted octanol–water partition coefficient (Wildman–Crippen LogP) is -1.79. The summed E-state index contributed by atoms with van der Waals surface area (Å²) in [6.45, 7) is 0. The molecule has 0 heterocycles. The average molecular weight is 272 g/mol. The van der Waals surface area contributed by atoms with Gasteiger partial charge in [0.1, 0.15) is 0 Å². The number of hydrogen-bond donors (Lipinski definition) is 1. The monoisotopic (exact) mass is 272 g/mol. The Morgan fingerprint density at radius 3 is 1.12 bits per heavy atom. The molecular formula is H6CeNO5S+2. The molecule has 6 nitrogen and oxygen atoms in total. The van der Waals surface area contributed by atoms with Crippen molar-refractivity contribution in [1.29, 1.82) is 0 Å². The van der Waals surface area contributed by atoms with Gasteiger partial charge in [0.05, 0.1) is 0 Å². The molecule has 0 fully saturated rings. The molecule has 8 heteroatoms. The van der Waals surface area contributed by atoms with Gasteiger partial charge < -0.3 is 20.7 Å². The molecule has 0 aliphatic carbocycles. The van der Waals surface area contributed by atoms with E-state index < -0.39 is 10.4 Å². The van der Waals surface area contributed by atoms with Crippen molar-refractivity contribution in [2.75, 3.05) is 0 Å². The Balaban J connectivity index is -0.0000000267. The molecule has 0 aliphatic heterocycles. The normalized spacial score (nSPS) is 7.25. The van der Waals surface area contributed by atoms with E-state index >= 15 is 0 Å². The van der Waals surface area contributed by atoms with E-state index in [0.29, 0.717) is 0 Å². The zero-order valence-corrected chi connectivity index (χ0v) is 8.00. The molecule has 0 aromatic heterocycles. The summed E-state index contributed by atoms with van der Waals surface area (Å²) in [7, 11) is -5.17. The van der Waals surface area contributed by atoms with Crippen molar-refractivity contribution in [3.05, 3.63) is 0 Å². The summed E-state index contributed by atoms with van der Waals surface area (Å²) in [5.41, 5.74) is 0. The number of hydrogen-bond acceptors (Lipinski definition) is 4. The molecule has 0 saturated heterocycles. The van der Waals surface area contributed by atoms with Gasteiger partial charge in [-0.05, 0) is 0 Å². The predicted molar refractivity (Wildman–Crippen MR) is 20.1 cm³/mol. The van der Waals surface area contributed by atoms with Crippen molar-refractivity contribution in [2.45, 2.75) is 0 Å². The van der Waals surface area contributed by atoms with E-state index in [0.717, 1.165) is 0 Å². The van der Waals surface area contributed by atoms with Crippen molar-refractivity contribution in [3.63, 3.8) is 0 Å². The number of rotatable bonds is 0. The van der Waals surface area contributed by atoms with E-state index in [1.54, 1.807) is 0 Å². The van der Waals surface area contributed by atoms with E-state index in [4.69, 9.17) is 17.5 Å². The van der Waals surface area contributed by atoms with Crippen LogP contribution in [0.15, 0.2) is 0 Å². The average Bonchev–Trinajstić information content (AvgIpc) is 0.722. The zero-order chi connectivity index (χ0) is 4.50. The van der Waals surface area contributed by atoms with Gasteiger partial charge in [-0.1, -0.05) is 0 Å². The van der Waals surface area contributed by atoms with Crippen LogP contribution < -0.4 is 6.15 Å². The second-order valence-electron chi connectivity index (χ2n) is 0.408. The summed E-state index contributed by atoms with van der Waals surface area (Å²) < 4.78 is 34.1. The summed E-state index contributed by atoms with van der Waals surface area (Å²) in [6, 6.07) is 0. The molecule has 0 aromatic carbocycles. The minimum absolute atomic E-state index is 0. The fraction of sp³-hybridized carbons (Fsp3) is 0. The molecule has 0 atom stereocenters. The van der Waals surface area contributed by atoms with Crippen molar-refractivity contribution in [3.8, 4) is 0 Å². The van der Waals surface area contributed by atoms with E-state index in [1.807, 2.05) is 0 Å². The first-order chi connectivity index (χ1) is 2.00. The topological polar surface area (TPSA) is 148 Å². The Hall–Kier alpha value is 1.17. The Bertz CT molecular complexity index is 95.6. The third-order valence-corrected chi connectivity index (χ3v) is 0. The van der Waals surface area contributed by atoms with Crippen molar-refractivity contribution in [1.82, 2.24) is 6.15 Å². The molecule has 0 amide bonds. The van der Waals surface area contributed by atoms with E-state index in [2.05, 4.69) is 0 Å². The van der Waals surface area contributed by atoms with Gasteiger partial charge in [0, 0.05) is 10.4 Å². The van der Waals surface area contributed by atoms with Crippen LogP contribution >= 0.6 is 0 Å². The maximum atomic E-state index is 8.52. The van der Waals surface area contributed by atoms with E-state index in [-0.39, 0.29) is 53.4 Å². The van der Waals surface area contributed by atoms with Gasteiger partial charge in [0.25, 0.3) is 0 Å². The van der Waals surface area contributed by atoms with Crippen LogP contribution in [0.5, 0.6) is 0 Å².